The summed E-state index contributed by atoms with van der Waals surface area (Å²) in [6, 6.07) is 8.23. The molecule has 1 aliphatic rings. The predicted octanol–water partition coefficient (Wildman–Crippen LogP) is 2.40. The van der Waals surface area contributed by atoms with Crippen molar-refractivity contribution in [1.82, 2.24) is 0 Å². The molecule has 0 atom stereocenters. The lowest BCUT2D eigenvalue weighted by molar-refractivity contribution is 1.04. The molecule has 0 aliphatic heterocycles. The number of hydrogen-bond donors (Lipinski definition) is 1. The van der Waals surface area contributed by atoms with E-state index in [1.807, 2.05) is 24.3 Å². The van der Waals surface area contributed by atoms with Gasteiger partial charge in [-0.3, -0.25) is 4.99 Å². The van der Waals surface area contributed by atoms with E-state index < -0.39 is 0 Å². The standard InChI is InChI=1S/C11H13ClN2/c12-9-3-1-2-8(6-9)7-11(13)14-10-4-5-10/h1-3,6,10H,4-5,7H2,(H2,13,14). The number of benzene rings is 1. The van der Waals surface area contributed by atoms with Crippen molar-refractivity contribution in [3.63, 3.8) is 0 Å². The second-order valence-electron chi connectivity index (χ2n) is 3.66. The highest BCUT2D eigenvalue weighted by molar-refractivity contribution is 6.30. The van der Waals surface area contributed by atoms with Crippen LogP contribution in [-0.4, -0.2) is 11.9 Å². The van der Waals surface area contributed by atoms with Crippen LogP contribution in [0.25, 0.3) is 0 Å². The molecule has 3 heteroatoms. The highest BCUT2D eigenvalue weighted by atomic mass is 35.5. The first-order valence-electron chi connectivity index (χ1n) is 4.80. The van der Waals surface area contributed by atoms with Crippen LogP contribution in [0.15, 0.2) is 29.3 Å². The van der Waals surface area contributed by atoms with Crippen LogP contribution in [0.2, 0.25) is 5.02 Å². The molecule has 0 radical (unpaired) electrons. The quantitative estimate of drug-likeness (QED) is 0.601. The van der Waals surface area contributed by atoms with Crippen LogP contribution in [0.3, 0.4) is 0 Å². The molecule has 0 spiro atoms. The van der Waals surface area contributed by atoms with Gasteiger partial charge in [0.15, 0.2) is 0 Å². The lowest BCUT2D eigenvalue weighted by atomic mass is 10.1. The van der Waals surface area contributed by atoms with E-state index in [4.69, 9.17) is 17.3 Å². The number of nitrogens with two attached hydrogens (primary N) is 1. The topological polar surface area (TPSA) is 38.4 Å². The van der Waals surface area contributed by atoms with E-state index in [2.05, 4.69) is 4.99 Å². The third-order valence-electron chi connectivity index (χ3n) is 2.17. The summed E-state index contributed by atoms with van der Waals surface area (Å²) in [5, 5.41) is 0.752. The Morgan fingerprint density at radius 3 is 2.93 bits per heavy atom. The van der Waals surface area contributed by atoms with Crippen molar-refractivity contribution in [2.45, 2.75) is 25.3 Å². The molecule has 1 aromatic rings. The van der Waals surface area contributed by atoms with Crippen LogP contribution in [0, 0.1) is 0 Å². The van der Waals surface area contributed by atoms with Gasteiger partial charge in [-0.25, -0.2) is 0 Å². The monoisotopic (exact) mass is 208 g/mol. The zero-order chi connectivity index (χ0) is 9.97. The van der Waals surface area contributed by atoms with Crippen LogP contribution in [-0.2, 0) is 6.42 Å². The van der Waals surface area contributed by atoms with Crippen molar-refractivity contribution in [3.8, 4) is 0 Å². The maximum absolute atomic E-state index is 5.87. The summed E-state index contributed by atoms with van der Waals surface area (Å²) < 4.78 is 0. The first-order chi connectivity index (χ1) is 6.74. The molecule has 1 aromatic carbocycles. The third-order valence-corrected chi connectivity index (χ3v) is 2.40. The molecular weight excluding hydrogens is 196 g/mol. The summed E-state index contributed by atoms with van der Waals surface area (Å²) in [4.78, 5) is 4.36. The van der Waals surface area contributed by atoms with Crippen molar-refractivity contribution >= 4 is 17.4 Å². The molecular formula is C11H13ClN2. The lowest BCUT2D eigenvalue weighted by Gasteiger charge is -2.01. The molecule has 2 N–H and O–H groups in total. The Hall–Kier alpha value is -1.02. The van der Waals surface area contributed by atoms with E-state index >= 15 is 0 Å². The summed E-state index contributed by atoms with van der Waals surface area (Å²) in [7, 11) is 0. The van der Waals surface area contributed by atoms with Gasteiger partial charge < -0.3 is 5.73 Å². The predicted molar refractivity (Wildman–Crippen MR) is 59.8 cm³/mol. The summed E-state index contributed by atoms with van der Waals surface area (Å²) in [5.74, 6) is 0.717. The van der Waals surface area contributed by atoms with Crippen molar-refractivity contribution in [2.75, 3.05) is 0 Å². The number of rotatable bonds is 3. The van der Waals surface area contributed by atoms with Gasteiger partial charge in [-0.1, -0.05) is 23.7 Å². The van der Waals surface area contributed by atoms with E-state index in [-0.39, 0.29) is 0 Å². The maximum atomic E-state index is 5.87. The van der Waals surface area contributed by atoms with Gasteiger partial charge in [0.25, 0.3) is 0 Å². The van der Waals surface area contributed by atoms with Gasteiger partial charge in [-0.05, 0) is 30.5 Å². The molecule has 1 saturated carbocycles. The molecule has 14 heavy (non-hydrogen) atoms. The van der Waals surface area contributed by atoms with Crippen molar-refractivity contribution in [2.24, 2.45) is 10.7 Å². The minimum absolute atomic E-state index is 0.495. The first-order valence-corrected chi connectivity index (χ1v) is 5.18. The van der Waals surface area contributed by atoms with E-state index in [0.29, 0.717) is 12.5 Å². The van der Waals surface area contributed by atoms with Gasteiger partial charge in [0, 0.05) is 11.4 Å². The smallest absolute Gasteiger partial charge is 0.0984 e. The van der Waals surface area contributed by atoms with Gasteiger partial charge in [-0.2, -0.15) is 0 Å². The van der Waals surface area contributed by atoms with Gasteiger partial charge in [0.1, 0.15) is 0 Å². The molecule has 0 heterocycles. The number of amidine groups is 1. The van der Waals surface area contributed by atoms with Gasteiger partial charge in [-0.15, -0.1) is 0 Å². The maximum Gasteiger partial charge on any atom is 0.0984 e. The highest BCUT2D eigenvalue weighted by Crippen LogP contribution is 2.23. The van der Waals surface area contributed by atoms with Gasteiger partial charge in [0.05, 0.1) is 11.9 Å². The van der Waals surface area contributed by atoms with Gasteiger partial charge >= 0.3 is 0 Å². The van der Waals surface area contributed by atoms with E-state index in [1.165, 1.54) is 12.8 Å². The number of hydrogen-bond acceptors (Lipinski definition) is 1. The van der Waals surface area contributed by atoms with E-state index in [9.17, 15) is 0 Å². The Morgan fingerprint density at radius 1 is 1.50 bits per heavy atom. The zero-order valence-corrected chi connectivity index (χ0v) is 8.67. The third kappa shape index (κ3) is 2.74. The summed E-state index contributed by atoms with van der Waals surface area (Å²) in [6.45, 7) is 0. The minimum Gasteiger partial charge on any atom is -0.387 e. The Kier molecular flexibility index (Phi) is 2.73. The van der Waals surface area contributed by atoms with Crippen LogP contribution in [0.5, 0.6) is 0 Å². The summed E-state index contributed by atoms with van der Waals surface area (Å²) in [5.41, 5.74) is 6.93. The molecule has 1 aliphatic carbocycles. The molecule has 0 saturated heterocycles. The van der Waals surface area contributed by atoms with Crippen molar-refractivity contribution in [3.05, 3.63) is 34.9 Å². The molecule has 2 rings (SSSR count). The van der Waals surface area contributed by atoms with E-state index in [1.54, 1.807) is 0 Å². The molecule has 0 unspecified atom stereocenters. The van der Waals surface area contributed by atoms with Gasteiger partial charge in [0.2, 0.25) is 0 Å². The van der Waals surface area contributed by atoms with E-state index in [0.717, 1.165) is 16.4 Å². The number of nitrogens with zero attached hydrogens (tertiary/aromatic N) is 1. The van der Waals surface area contributed by atoms with Crippen LogP contribution < -0.4 is 5.73 Å². The molecule has 74 valence electrons. The summed E-state index contributed by atoms with van der Waals surface area (Å²) >= 11 is 5.87. The minimum atomic E-state index is 0.495. The fourth-order valence-electron chi connectivity index (χ4n) is 1.34. The highest BCUT2D eigenvalue weighted by Gasteiger charge is 2.20. The second kappa shape index (κ2) is 4.01. The first kappa shape index (κ1) is 9.53. The molecule has 0 amide bonds. The summed E-state index contributed by atoms with van der Waals surface area (Å²) in [6.07, 6.45) is 3.09. The largest absolute Gasteiger partial charge is 0.387 e. The van der Waals surface area contributed by atoms with Crippen LogP contribution in [0.4, 0.5) is 0 Å². The lowest BCUT2D eigenvalue weighted by Crippen LogP contribution is -2.15. The Labute approximate surface area is 88.8 Å². The average molecular weight is 209 g/mol. The Morgan fingerprint density at radius 2 is 2.29 bits per heavy atom. The Balaban J connectivity index is 2.02. The normalized spacial score (nSPS) is 17.1. The molecule has 0 bridgehead atoms. The van der Waals surface area contributed by atoms with Crippen LogP contribution >= 0.6 is 11.6 Å². The average Bonchev–Trinajstić information content (AvgIpc) is 2.87. The molecule has 2 nitrogen and oxygen atoms in total. The Bertz CT molecular complexity index is 356. The second-order valence-corrected chi connectivity index (χ2v) is 4.09. The number of aliphatic imine (C=N–C) groups is 1. The zero-order valence-electron chi connectivity index (χ0n) is 7.91. The SMILES string of the molecule is NC(Cc1cccc(Cl)c1)=NC1CC1. The van der Waals surface area contributed by atoms with Crippen LogP contribution in [0.1, 0.15) is 18.4 Å². The molecule has 0 aromatic heterocycles. The molecule has 1 fully saturated rings. The fraction of sp³-hybridized carbons (Fsp3) is 0.364. The number of halogens is 1. The van der Waals surface area contributed by atoms with Crippen molar-refractivity contribution < 1.29 is 0 Å². The fourth-order valence-corrected chi connectivity index (χ4v) is 1.55. The van der Waals surface area contributed by atoms with Crippen molar-refractivity contribution in [1.29, 1.82) is 0 Å².